The summed E-state index contributed by atoms with van der Waals surface area (Å²) in [5, 5.41) is 3.56. The minimum absolute atomic E-state index is 0.109. The van der Waals surface area contributed by atoms with Crippen LogP contribution in [0.2, 0.25) is 10.0 Å². The fraction of sp³-hybridized carbons (Fsp3) is 0.385. The number of carbonyl (C=O) groups is 2. The van der Waals surface area contributed by atoms with Gasteiger partial charge in [-0.25, -0.2) is 0 Å². The zero-order valence-corrected chi connectivity index (χ0v) is 12.0. The van der Waals surface area contributed by atoms with Crippen LogP contribution < -0.4 is 5.32 Å². The number of halogens is 2. The first kappa shape index (κ1) is 14.2. The molecular weight excluding hydrogens is 287 g/mol. The van der Waals surface area contributed by atoms with Crippen LogP contribution in [0.4, 0.5) is 0 Å². The molecule has 19 heavy (non-hydrogen) atoms. The van der Waals surface area contributed by atoms with Gasteiger partial charge in [0, 0.05) is 19.5 Å². The average molecular weight is 301 g/mol. The monoisotopic (exact) mass is 300 g/mol. The largest absolute Gasteiger partial charge is 0.345 e. The van der Waals surface area contributed by atoms with E-state index in [0.29, 0.717) is 29.6 Å². The van der Waals surface area contributed by atoms with Gasteiger partial charge in [-0.2, -0.15) is 0 Å². The van der Waals surface area contributed by atoms with Gasteiger partial charge in [0.2, 0.25) is 11.8 Å². The Hall–Kier alpha value is -1.26. The third kappa shape index (κ3) is 3.19. The van der Waals surface area contributed by atoms with E-state index in [-0.39, 0.29) is 11.8 Å². The lowest BCUT2D eigenvalue weighted by Crippen LogP contribution is -2.42. The Morgan fingerprint density at radius 2 is 2.11 bits per heavy atom. The fourth-order valence-corrected chi connectivity index (χ4v) is 2.41. The van der Waals surface area contributed by atoms with Gasteiger partial charge >= 0.3 is 0 Å². The van der Waals surface area contributed by atoms with Gasteiger partial charge in [0.1, 0.15) is 6.04 Å². The number of hydrogen-bond donors (Lipinski definition) is 1. The summed E-state index contributed by atoms with van der Waals surface area (Å²) in [6, 6.07) is 4.81. The molecule has 1 fully saturated rings. The number of nitrogens with zero attached hydrogens (tertiary/aromatic N) is 1. The number of rotatable bonds is 2. The van der Waals surface area contributed by atoms with Crippen molar-refractivity contribution in [2.45, 2.75) is 25.9 Å². The van der Waals surface area contributed by atoms with E-state index in [9.17, 15) is 9.59 Å². The Bertz CT molecular complexity index is 519. The minimum Gasteiger partial charge on any atom is -0.345 e. The quantitative estimate of drug-likeness (QED) is 0.910. The summed E-state index contributed by atoms with van der Waals surface area (Å²) in [6.07, 6.45) is 0.300. The summed E-state index contributed by atoms with van der Waals surface area (Å²) in [5.41, 5.74) is 0.782. The maximum Gasteiger partial charge on any atom is 0.245 e. The first-order valence-electron chi connectivity index (χ1n) is 6.00. The molecule has 1 aromatic rings. The molecule has 0 saturated carbocycles. The molecule has 2 rings (SSSR count). The first-order valence-corrected chi connectivity index (χ1v) is 6.75. The molecule has 2 amide bonds. The number of amides is 2. The van der Waals surface area contributed by atoms with Crippen LogP contribution in [0.1, 0.15) is 18.9 Å². The molecule has 0 aromatic heterocycles. The number of benzene rings is 1. The van der Waals surface area contributed by atoms with E-state index >= 15 is 0 Å². The smallest absolute Gasteiger partial charge is 0.245 e. The molecule has 0 bridgehead atoms. The van der Waals surface area contributed by atoms with E-state index < -0.39 is 6.04 Å². The van der Waals surface area contributed by atoms with Crippen LogP contribution in [0.3, 0.4) is 0 Å². The van der Waals surface area contributed by atoms with Crippen molar-refractivity contribution in [1.82, 2.24) is 10.2 Å². The summed E-state index contributed by atoms with van der Waals surface area (Å²) in [4.78, 5) is 25.2. The van der Waals surface area contributed by atoms with Gasteiger partial charge in [-0.05, 0) is 18.6 Å². The molecule has 1 atom stereocenters. The SMILES string of the molecule is CC1NC(=O)CCN(Cc2cccc(Cl)c2Cl)C1=O. The summed E-state index contributed by atoms with van der Waals surface area (Å²) in [7, 11) is 0. The Balaban J connectivity index is 2.19. The summed E-state index contributed by atoms with van der Waals surface area (Å²) in [5.74, 6) is -0.220. The van der Waals surface area contributed by atoms with E-state index in [4.69, 9.17) is 23.2 Å². The van der Waals surface area contributed by atoms with Crippen LogP contribution in [0.15, 0.2) is 18.2 Å². The predicted octanol–water partition coefficient (Wildman–Crippen LogP) is 2.23. The van der Waals surface area contributed by atoms with Crippen molar-refractivity contribution in [3.05, 3.63) is 33.8 Å². The highest BCUT2D eigenvalue weighted by Gasteiger charge is 2.26. The van der Waals surface area contributed by atoms with Crippen molar-refractivity contribution in [1.29, 1.82) is 0 Å². The summed E-state index contributed by atoms with van der Waals surface area (Å²) >= 11 is 12.1. The lowest BCUT2D eigenvalue weighted by molar-refractivity contribution is -0.133. The van der Waals surface area contributed by atoms with Crippen LogP contribution in [0.5, 0.6) is 0 Å². The van der Waals surface area contributed by atoms with Crippen molar-refractivity contribution >= 4 is 35.0 Å². The molecule has 0 aliphatic carbocycles. The highest BCUT2D eigenvalue weighted by molar-refractivity contribution is 6.42. The standard InChI is InChI=1S/C13H14Cl2N2O2/c1-8-13(19)17(6-5-11(18)16-8)7-9-3-2-4-10(14)12(9)15/h2-4,8H,5-7H2,1H3,(H,16,18). The zero-order chi connectivity index (χ0) is 14.0. The lowest BCUT2D eigenvalue weighted by Gasteiger charge is -2.23. The average Bonchev–Trinajstić information content (AvgIpc) is 2.48. The predicted molar refractivity (Wildman–Crippen MR) is 74.1 cm³/mol. The van der Waals surface area contributed by atoms with Crippen LogP contribution >= 0.6 is 23.2 Å². The van der Waals surface area contributed by atoms with Gasteiger partial charge in [0.15, 0.2) is 0 Å². The van der Waals surface area contributed by atoms with Gasteiger partial charge in [-0.1, -0.05) is 35.3 Å². The molecule has 4 nitrogen and oxygen atoms in total. The molecule has 6 heteroatoms. The zero-order valence-electron chi connectivity index (χ0n) is 10.5. The molecular formula is C13H14Cl2N2O2. The molecule has 1 aromatic carbocycles. The highest BCUT2D eigenvalue weighted by Crippen LogP contribution is 2.26. The highest BCUT2D eigenvalue weighted by atomic mass is 35.5. The minimum atomic E-state index is -0.507. The number of nitrogens with one attached hydrogen (secondary N) is 1. The number of carbonyl (C=O) groups excluding carboxylic acids is 2. The van der Waals surface area contributed by atoms with E-state index in [1.165, 1.54) is 0 Å². The van der Waals surface area contributed by atoms with Gasteiger partial charge in [0.05, 0.1) is 10.0 Å². The Labute approximate surface area is 121 Å². The Morgan fingerprint density at radius 1 is 1.37 bits per heavy atom. The van der Waals surface area contributed by atoms with Crippen LogP contribution in [-0.2, 0) is 16.1 Å². The molecule has 1 heterocycles. The third-order valence-electron chi connectivity index (χ3n) is 3.06. The second-order valence-corrected chi connectivity index (χ2v) is 5.30. The molecule has 1 aliphatic heterocycles. The van der Waals surface area contributed by atoms with Gasteiger partial charge < -0.3 is 10.2 Å². The van der Waals surface area contributed by atoms with Crippen molar-refractivity contribution in [3.63, 3.8) is 0 Å². The van der Waals surface area contributed by atoms with Crippen LogP contribution in [-0.4, -0.2) is 29.3 Å². The topological polar surface area (TPSA) is 49.4 Å². The summed E-state index contributed by atoms with van der Waals surface area (Å²) < 4.78 is 0. The molecule has 1 N–H and O–H groups in total. The fourth-order valence-electron chi connectivity index (χ4n) is 2.03. The second kappa shape index (κ2) is 5.80. The number of hydrogen-bond acceptors (Lipinski definition) is 2. The molecule has 102 valence electrons. The van der Waals surface area contributed by atoms with Crippen molar-refractivity contribution in [2.24, 2.45) is 0 Å². The lowest BCUT2D eigenvalue weighted by atomic mass is 10.2. The Kier molecular flexibility index (Phi) is 4.32. The van der Waals surface area contributed by atoms with Gasteiger partial charge in [-0.3, -0.25) is 9.59 Å². The van der Waals surface area contributed by atoms with E-state index in [0.717, 1.165) is 5.56 Å². The van der Waals surface area contributed by atoms with Crippen molar-refractivity contribution in [3.8, 4) is 0 Å². The summed E-state index contributed by atoms with van der Waals surface area (Å²) in [6.45, 7) is 2.42. The van der Waals surface area contributed by atoms with E-state index in [1.54, 1.807) is 24.0 Å². The molecule has 1 unspecified atom stereocenters. The second-order valence-electron chi connectivity index (χ2n) is 4.51. The van der Waals surface area contributed by atoms with Crippen molar-refractivity contribution < 1.29 is 9.59 Å². The van der Waals surface area contributed by atoms with Crippen LogP contribution in [0, 0.1) is 0 Å². The molecule has 0 radical (unpaired) electrons. The molecule has 1 saturated heterocycles. The molecule has 1 aliphatic rings. The van der Waals surface area contributed by atoms with E-state index in [1.807, 2.05) is 6.07 Å². The van der Waals surface area contributed by atoms with E-state index in [2.05, 4.69) is 5.32 Å². The van der Waals surface area contributed by atoms with Crippen LogP contribution in [0.25, 0.3) is 0 Å². The Morgan fingerprint density at radius 3 is 2.84 bits per heavy atom. The van der Waals surface area contributed by atoms with Crippen molar-refractivity contribution in [2.75, 3.05) is 6.54 Å². The van der Waals surface area contributed by atoms with Gasteiger partial charge in [0.25, 0.3) is 0 Å². The normalized spacial score (nSPS) is 20.2. The third-order valence-corrected chi connectivity index (χ3v) is 3.92. The molecule has 0 spiro atoms. The first-order chi connectivity index (χ1) is 8.99. The maximum absolute atomic E-state index is 12.1. The maximum atomic E-state index is 12.1. The van der Waals surface area contributed by atoms with Gasteiger partial charge in [-0.15, -0.1) is 0 Å².